The van der Waals surface area contributed by atoms with Crippen LogP contribution in [-0.2, 0) is 9.22 Å². The molecule has 0 rings (SSSR count). The predicted octanol–water partition coefficient (Wildman–Crippen LogP) is 4.53. The highest BCUT2D eigenvalue weighted by molar-refractivity contribution is 8.29. The normalized spacial score (nSPS) is 14.7. The van der Waals surface area contributed by atoms with Crippen LogP contribution in [0.3, 0.4) is 0 Å². The molecule has 0 aliphatic rings. The summed E-state index contributed by atoms with van der Waals surface area (Å²) in [6.07, 6.45) is 5.27. The summed E-state index contributed by atoms with van der Waals surface area (Å²) in [4.78, 5) is 12.0. The van der Waals surface area contributed by atoms with Crippen molar-refractivity contribution in [3.63, 3.8) is 0 Å². The molecule has 0 spiro atoms. The van der Waals surface area contributed by atoms with Crippen LogP contribution < -0.4 is 4.72 Å². The van der Waals surface area contributed by atoms with E-state index in [2.05, 4.69) is 71.9 Å². The lowest BCUT2D eigenvalue weighted by Crippen LogP contribution is -2.53. The summed E-state index contributed by atoms with van der Waals surface area (Å²) in [6.45, 7) is 20.9. The number of nitrogens with zero attached hydrogens (tertiary/aromatic N) is 1. The quantitative estimate of drug-likeness (QED) is 0.643. The molecule has 0 unspecified atom stereocenters. The van der Waals surface area contributed by atoms with Gasteiger partial charge in [-0.25, -0.2) is 0 Å². The maximum Gasteiger partial charge on any atom is 0.228 e. The zero-order chi connectivity index (χ0) is 18.7. The monoisotopic (exact) mass is 364 g/mol. The number of nitrogens with one attached hydrogen (secondary N) is 1. The molecule has 23 heavy (non-hydrogen) atoms. The van der Waals surface area contributed by atoms with Crippen LogP contribution >= 0.6 is 10.4 Å². The van der Waals surface area contributed by atoms with Crippen molar-refractivity contribution in [1.82, 2.24) is 9.03 Å². The Labute approximate surface area is 147 Å². The van der Waals surface area contributed by atoms with Gasteiger partial charge in [-0.05, 0) is 50.9 Å². The molecule has 0 fully saturated rings. The second-order valence-corrected chi connectivity index (χ2v) is 16.9. The van der Waals surface area contributed by atoms with Gasteiger partial charge in [-0.1, -0.05) is 27.7 Å². The van der Waals surface area contributed by atoms with Crippen LogP contribution in [0.1, 0.15) is 54.9 Å². The van der Waals surface area contributed by atoms with Crippen molar-refractivity contribution in [2.75, 3.05) is 25.7 Å². The summed E-state index contributed by atoms with van der Waals surface area (Å²) >= 11 is 0. The van der Waals surface area contributed by atoms with Gasteiger partial charge in [0.15, 0.2) is 8.32 Å². The van der Waals surface area contributed by atoms with E-state index in [-0.39, 0.29) is 16.5 Å². The van der Waals surface area contributed by atoms with Gasteiger partial charge in [-0.3, -0.25) is 13.8 Å². The van der Waals surface area contributed by atoms with Gasteiger partial charge < -0.3 is 4.43 Å². The van der Waals surface area contributed by atoms with Gasteiger partial charge in [0.1, 0.15) is 0 Å². The Bertz CT molecular complexity index is 404. The van der Waals surface area contributed by atoms with Crippen molar-refractivity contribution in [3.8, 4) is 0 Å². The maximum atomic E-state index is 12.0. The minimum atomic E-state index is -1.77. The Hall–Kier alpha value is -0.0431. The first-order chi connectivity index (χ1) is 10.1. The van der Waals surface area contributed by atoms with E-state index >= 15 is 0 Å². The molecule has 0 heterocycles. The lowest BCUT2D eigenvalue weighted by Gasteiger charge is -2.49. The smallest absolute Gasteiger partial charge is 0.228 e. The number of hydrogen-bond donors (Lipinski definition) is 1. The number of carbonyl (C=O) groups is 1. The van der Waals surface area contributed by atoms with Crippen LogP contribution in [-0.4, -0.2) is 49.7 Å². The number of hydrogen-bond acceptors (Lipinski definition) is 3. The molecular formula is C17H40N2O2SSi. The van der Waals surface area contributed by atoms with Crippen molar-refractivity contribution in [3.05, 3.63) is 0 Å². The number of carbonyl (C=O) groups excluding carboxylic acids is 1. The van der Waals surface area contributed by atoms with E-state index in [4.69, 9.17) is 4.43 Å². The third-order valence-electron chi connectivity index (χ3n) is 4.45. The van der Waals surface area contributed by atoms with E-state index in [0.717, 1.165) is 13.0 Å². The molecule has 140 valence electrons. The fourth-order valence-electron chi connectivity index (χ4n) is 2.25. The predicted molar refractivity (Wildman–Crippen MR) is 107 cm³/mol. The summed E-state index contributed by atoms with van der Waals surface area (Å²) < 4.78 is 12.1. The molecule has 0 aromatic heterocycles. The van der Waals surface area contributed by atoms with Crippen molar-refractivity contribution in [2.24, 2.45) is 0 Å². The topological polar surface area (TPSA) is 41.6 Å². The van der Waals surface area contributed by atoms with Crippen molar-refractivity contribution >= 4 is 24.6 Å². The van der Waals surface area contributed by atoms with Crippen LogP contribution in [0.5, 0.6) is 0 Å². The summed E-state index contributed by atoms with van der Waals surface area (Å²) in [5, 5.41) is 0.207. The highest BCUT2D eigenvalue weighted by Crippen LogP contribution is 2.43. The second-order valence-electron chi connectivity index (χ2n) is 8.93. The fourth-order valence-corrected chi connectivity index (χ4v) is 6.21. The van der Waals surface area contributed by atoms with Gasteiger partial charge in [0, 0.05) is 19.0 Å². The molecule has 0 aliphatic heterocycles. The van der Waals surface area contributed by atoms with E-state index in [1.54, 1.807) is 6.92 Å². The standard InChI is InChI=1S/C17H40N2O2SSi/c1-12-13-19(15(2)20)22(8,9)18-17(6,7)14-21-23(10,11)16(3,4)5/h18H,12-14H2,1-11H3. The summed E-state index contributed by atoms with van der Waals surface area (Å²) in [5.74, 6) is 0.139. The summed E-state index contributed by atoms with van der Waals surface area (Å²) in [7, 11) is -3.14. The molecule has 0 bridgehead atoms. The fraction of sp³-hybridized carbons (Fsp3) is 0.941. The summed E-state index contributed by atoms with van der Waals surface area (Å²) in [6, 6.07) is 0. The van der Waals surface area contributed by atoms with Crippen molar-refractivity contribution < 1.29 is 9.22 Å². The molecule has 6 heteroatoms. The highest BCUT2D eigenvalue weighted by Gasteiger charge is 2.39. The molecule has 0 aliphatic carbocycles. The first-order valence-electron chi connectivity index (χ1n) is 8.50. The third-order valence-corrected chi connectivity index (χ3v) is 11.5. The minimum absolute atomic E-state index is 0.139. The zero-order valence-corrected chi connectivity index (χ0v) is 19.1. The Morgan fingerprint density at radius 1 is 1.17 bits per heavy atom. The Balaban J connectivity index is 4.99. The molecule has 1 amide bonds. The van der Waals surface area contributed by atoms with Crippen LogP contribution in [0.4, 0.5) is 0 Å². The van der Waals surface area contributed by atoms with Gasteiger partial charge in [-0.15, -0.1) is 10.4 Å². The van der Waals surface area contributed by atoms with Gasteiger partial charge in [0.2, 0.25) is 5.91 Å². The molecule has 0 radical (unpaired) electrons. The van der Waals surface area contributed by atoms with Crippen LogP contribution in [0.25, 0.3) is 0 Å². The van der Waals surface area contributed by atoms with E-state index < -0.39 is 18.7 Å². The zero-order valence-electron chi connectivity index (χ0n) is 17.3. The number of amides is 1. The highest BCUT2D eigenvalue weighted by atomic mass is 32.3. The molecule has 0 atom stereocenters. The first-order valence-corrected chi connectivity index (χ1v) is 13.8. The van der Waals surface area contributed by atoms with E-state index in [0.29, 0.717) is 6.61 Å². The first kappa shape index (κ1) is 23.0. The SMILES string of the molecule is CCCN(C(C)=O)S(C)(C)NC(C)(C)CO[Si](C)(C)C(C)(C)C. The van der Waals surface area contributed by atoms with E-state index in [1.807, 2.05) is 4.31 Å². The summed E-state index contributed by atoms with van der Waals surface area (Å²) in [5.41, 5.74) is -0.171. The Morgan fingerprint density at radius 3 is 2.00 bits per heavy atom. The Morgan fingerprint density at radius 2 is 1.65 bits per heavy atom. The van der Waals surface area contributed by atoms with Crippen LogP contribution in [0, 0.1) is 0 Å². The molecule has 1 N–H and O–H groups in total. The lowest BCUT2D eigenvalue weighted by molar-refractivity contribution is -0.124. The molecule has 0 aromatic rings. The van der Waals surface area contributed by atoms with Crippen molar-refractivity contribution in [1.29, 1.82) is 0 Å². The lowest BCUT2D eigenvalue weighted by atomic mass is 10.1. The molecule has 0 aromatic carbocycles. The maximum absolute atomic E-state index is 12.0. The van der Waals surface area contributed by atoms with Gasteiger partial charge in [-0.2, -0.15) is 0 Å². The van der Waals surface area contributed by atoms with Crippen molar-refractivity contribution in [2.45, 2.75) is 78.6 Å². The molecule has 0 saturated carbocycles. The van der Waals surface area contributed by atoms with Crippen LogP contribution in [0.2, 0.25) is 18.1 Å². The van der Waals surface area contributed by atoms with Gasteiger partial charge in [0.25, 0.3) is 0 Å². The van der Waals surface area contributed by atoms with Gasteiger partial charge in [0.05, 0.1) is 6.61 Å². The minimum Gasteiger partial charge on any atom is -0.415 e. The van der Waals surface area contributed by atoms with Gasteiger partial charge >= 0.3 is 0 Å². The molecular weight excluding hydrogens is 324 g/mol. The largest absolute Gasteiger partial charge is 0.415 e. The second kappa shape index (κ2) is 7.89. The van der Waals surface area contributed by atoms with Crippen LogP contribution in [0.15, 0.2) is 0 Å². The third kappa shape index (κ3) is 7.16. The average molecular weight is 365 g/mol. The number of rotatable bonds is 8. The van der Waals surface area contributed by atoms with E-state index in [1.165, 1.54) is 0 Å². The Kier molecular flexibility index (Phi) is 7.88. The molecule has 4 nitrogen and oxygen atoms in total. The molecule has 0 saturated heterocycles. The average Bonchev–Trinajstić information content (AvgIpc) is 2.30. The van der Waals surface area contributed by atoms with E-state index in [9.17, 15) is 4.79 Å².